The number of aromatic nitrogens is 3. The van der Waals surface area contributed by atoms with Crippen LogP contribution in [0.3, 0.4) is 0 Å². The van der Waals surface area contributed by atoms with Crippen molar-refractivity contribution in [2.75, 3.05) is 38.2 Å². The summed E-state index contributed by atoms with van der Waals surface area (Å²) in [6.45, 7) is 6.77. The summed E-state index contributed by atoms with van der Waals surface area (Å²) in [7, 11) is 1.45. The fourth-order valence-electron chi connectivity index (χ4n) is 5.33. The van der Waals surface area contributed by atoms with Crippen LogP contribution >= 0.6 is 23.2 Å². The predicted octanol–water partition coefficient (Wildman–Crippen LogP) is 6.65. The van der Waals surface area contributed by atoms with Crippen LogP contribution in [-0.2, 0) is 16.1 Å². The van der Waals surface area contributed by atoms with E-state index in [1.54, 1.807) is 18.5 Å². The van der Waals surface area contributed by atoms with Gasteiger partial charge in [-0.3, -0.25) is 9.69 Å². The van der Waals surface area contributed by atoms with Crippen LogP contribution in [0.15, 0.2) is 42.7 Å². The molecule has 5 rings (SSSR count). The molecule has 0 amide bonds. The highest BCUT2D eigenvalue weighted by molar-refractivity contribution is 6.35. The smallest absolute Gasteiger partial charge is 0.305 e. The molecule has 0 saturated carbocycles. The monoisotopic (exact) mass is 583 g/mol. The number of rotatable bonds is 8. The van der Waals surface area contributed by atoms with Gasteiger partial charge in [0.2, 0.25) is 11.8 Å². The molecule has 0 radical (unpaired) electrons. The first-order chi connectivity index (χ1) is 19.3. The molecule has 0 atom stereocenters. The van der Waals surface area contributed by atoms with Crippen molar-refractivity contribution in [3.05, 3.63) is 58.3 Å². The molecule has 2 fully saturated rings. The Hall–Kier alpha value is -2.94. The summed E-state index contributed by atoms with van der Waals surface area (Å²) >= 11 is 12.6. The number of esters is 1. The van der Waals surface area contributed by atoms with Gasteiger partial charge in [-0.1, -0.05) is 30.1 Å². The number of likely N-dealkylation sites (tertiary alicyclic amines) is 1. The third-order valence-electron chi connectivity index (χ3n) is 7.72. The number of carbonyl (C=O) groups is 1. The molecule has 8 nitrogen and oxygen atoms in total. The SMILES string of the molecule is COC(=O)CC1CCN(Cc2cc(Oc3cnc(N4CCC(C)CC4)nc3)nc(-c3cc(Cl)cc(Cl)c3)c2)CC1. The molecule has 10 heteroatoms. The lowest BCUT2D eigenvalue weighted by molar-refractivity contribution is -0.142. The summed E-state index contributed by atoms with van der Waals surface area (Å²) in [5.41, 5.74) is 2.59. The Kier molecular flexibility index (Phi) is 9.40. The number of anilines is 1. The molecule has 3 aromatic rings. The largest absolute Gasteiger partial charge is 0.469 e. The van der Waals surface area contributed by atoms with Gasteiger partial charge in [0, 0.05) is 47.7 Å². The minimum atomic E-state index is -0.137. The highest BCUT2D eigenvalue weighted by Crippen LogP contribution is 2.31. The molecule has 0 bridgehead atoms. The fraction of sp³-hybridized carbons (Fsp3) is 0.467. The van der Waals surface area contributed by atoms with Crippen molar-refractivity contribution >= 4 is 35.1 Å². The van der Waals surface area contributed by atoms with Gasteiger partial charge in [0.25, 0.3) is 0 Å². The molecule has 0 spiro atoms. The van der Waals surface area contributed by atoms with Gasteiger partial charge in [0.1, 0.15) is 0 Å². The average Bonchev–Trinajstić information content (AvgIpc) is 2.94. The van der Waals surface area contributed by atoms with Crippen molar-refractivity contribution in [2.24, 2.45) is 11.8 Å². The van der Waals surface area contributed by atoms with Gasteiger partial charge in [0.15, 0.2) is 5.75 Å². The topological polar surface area (TPSA) is 80.7 Å². The second-order valence-electron chi connectivity index (χ2n) is 10.8. The van der Waals surface area contributed by atoms with Gasteiger partial charge >= 0.3 is 5.97 Å². The second-order valence-corrected chi connectivity index (χ2v) is 11.7. The third-order valence-corrected chi connectivity index (χ3v) is 8.16. The van der Waals surface area contributed by atoms with Crippen molar-refractivity contribution in [1.82, 2.24) is 19.9 Å². The van der Waals surface area contributed by atoms with Crippen LogP contribution in [0.25, 0.3) is 11.3 Å². The summed E-state index contributed by atoms with van der Waals surface area (Å²) in [5, 5.41) is 1.09. The Morgan fingerprint density at radius 1 is 0.950 bits per heavy atom. The number of ether oxygens (including phenoxy) is 2. The van der Waals surface area contributed by atoms with Crippen LogP contribution in [0.1, 0.15) is 44.6 Å². The molecule has 4 heterocycles. The van der Waals surface area contributed by atoms with Crippen molar-refractivity contribution in [1.29, 1.82) is 0 Å². The van der Waals surface area contributed by atoms with Crippen molar-refractivity contribution in [2.45, 2.75) is 45.6 Å². The first-order valence-corrected chi connectivity index (χ1v) is 14.6. The predicted molar refractivity (Wildman–Crippen MR) is 157 cm³/mol. The maximum absolute atomic E-state index is 11.7. The molecular formula is C30H35Cl2N5O3. The number of methoxy groups -OCH3 is 1. The number of pyridine rings is 1. The average molecular weight is 585 g/mol. The van der Waals surface area contributed by atoms with Crippen LogP contribution < -0.4 is 9.64 Å². The molecule has 2 saturated heterocycles. The van der Waals surface area contributed by atoms with Crippen LogP contribution in [0.4, 0.5) is 5.95 Å². The number of hydrogen-bond acceptors (Lipinski definition) is 8. The molecule has 2 aliphatic rings. The normalized spacial score (nSPS) is 17.1. The fourth-order valence-corrected chi connectivity index (χ4v) is 5.86. The molecule has 212 valence electrons. The Morgan fingerprint density at radius 2 is 1.62 bits per heavy atom. The Balaban J connectivity index is 1.33. The lowest BCUT2D eigenvalue weighted by Gasteiger charge is -2.31. The number of nitrogens with zero attached hydrogens (tertiary/aromatic N) is 5. The summed E-state index contributed by atoms with van der Waals surface area (Å²) in [4.78, 5) is 30.2. The molecule has 2 aliphatic heterocycles. The summed E-state index contributed by atoms with van der Waals surface area (Å²) in [6, 6.07) is 9.40. The molecular weight excluding hydrogens is 549 g/mol. The minimum absolute atomic E-state index is 0.137. The maximum Gasteiger partial charge on any atom is 0.305 e. The molecule has 0 unspecified atom stereocenters. The number of piperidine rings is 2. The molecule has 2 aromatic heterocycles. The highest BCUT2D eigenvalue weighted by atomic mass is 35.5. The van der Waals surface area contributed by atoms with E-state index in [2.05, 4.69) is 26.7 Å². The summed E-state index contributed by atoms with van der Waals surface area (Å²) < 4.78 is 11.0. The minimum Gasteiger partial charge on any atom is -0.469 e. The van der Waals surface area contributed by atoms with Crippen LogP contribution in [0, 0.1) is 11.8 Å². The number of halogens is 2. The van der Waals surface area contributed by atoms with Gasteiger partial charge in [-0.25, -0.2) is 15.0 Å². The van der Waals surface area contributed by atoms with Gasteiger partial charge < -0.3 is 14.4 Å². The second kappa shape index (κ2) is 13.1. The number of carbonyl (C=O) groups excluding carboxylic acids is 1. The van der Waals surface area contributed by atoms with Crippen LogP contribution in [-0.4, -0.2) is 59.1 Å². The number of benzene rings is 1. The van der Waals surface area contributed by atoms with Gasteiger partial charge in [-0.15, -0.1) is 0 Å². The molecule has 0 N–H and O–H groups in total. The van der Waals surface area contributed by atoms with E-state index in [0.717, 1.165) is 87.1 Å². The van der Waals surface area contributed by atoms with Crippen LogP contribution in [0.5, 0.6) is 11.6 Å². The zero-order valence-electron chi connectivity index (χ0n) is 23.0. The van der Waals surface area contributed by atoms with E-state index in [0.29, 0.717) is 34.0 Å². The zero-order chi connectivity index (χ0) is 28.1. The lowest BCUT2D eigenvalue weighted by Crippen LogP contribution is -2.34. The van der Waals surface area contributed by atoms with Gasteiger partial charge in [-0.05, 0) is 80.4 Å². The Labute approximate surface area is 245 Å². The zero-order valence-corrected chi connectivity index (χ0v) is 24.5. The third kappa shape index (κ3) is 7.62. The van der Waals surface area contributed by atoms with E-state index >= 15 is 0 Å². The molecule has 40 heavy (non-hydrogen) atoms. The van der Waals surface area contributed by atoms with E-state index in [-0.39, 0.29) is 5.97 Å². The van der Waals surface area contributed by atoms with Crippen molar-refractivity contribution < 1.29 is 14.3 Å². The standard InChI is InChI=1S/C30H35Cl2N5O3/c1-20-3-9-37(10-4-20)30-33-17-26(18-34-30)40-28-12-22(11-27(35-28)23-14-24(31)16-25(32)15-23)19-36-7-5-21(6-8-36)13-29(38)39-2/h11-12,14-18,20-21H,3-10,13,19H2,1-2H3. The Bertz CT molecular complexity index is 1290. The maximum atomic E-state index is 11.7. The van der Waals surface area contributed by atoms with E-state index < -0.39 is 0 Å². The molecule has 0 aliphatic carbocycles. The quantitative estimate of drug-likeness (QED) is 0.273. The molecule has 1 aromatic carbocycles. The van der Waals surface area contributed by atoms with Crippen LogP contribution in [0.2, 0.25) is 10.0 Å². The van der Waals surface area contributed by atoms with Gasteiger partial charge in [0.05, 0.1) is 25.2 Å². The number of hydrogen-bond donors (Lipinski definition) is 0. The van der Waals surface area contributed by atoms with Crippen molar-refractivity contribution in [3.63, 3.8) is 0 Å². The highest BCUT2D eigenvalue weighted by Gasteiger charge is 2.23. The Morgan fingerprint density at radius 3 is 2.27 bits per heavy atom. The lowest BCUT2D eigenvalue weighted by atomic mass is 9.93. The van der Waals surface area contributed by atoms with Gasteiger partial charge in [-0.2, -0.15) is 0 Å². The van der Waals surface area contributed by atoms with E-state index in [1.807, 2.05) is 24.3 Å². The first kappa shape index (κ1) is 28.6. The van der Waals surface area contributed by atoms with E-state index in [4.69, 9.17) is 37.7 Å². The van der Waals surface area contributed by atoms with Crippen molar-refractivity contribution in [3.8, 4) is 22.9 Å². The van der Waals surface area contributed by atoms with E-state index in [9.17, 15) is 4.79 Å². The first-order valence-electron chi connectivity index (χ1n) is 13.9. The van der Waals surface area contributed by atoms with E-state index in [1.165, 1.54) is 7.11 Å². The summed E-state index contributed by atoms with van der Waals surface area (Å²) in [6.07, 6.45) is 8.11. The summed E-state index contributed by atoms with van der Waals surface area (Å²) in [5.74, 6) is 2.67.